The van der Waals surface area contributed by atoms with Crippen LogP contribution in [0.1, 0.15) is 10.4 Å². The minimum atomic E-state index is -0.0293. The molecule has 0 aliphatic heterocycles. The van der Waals surface area contributed by atoms with Crippen molar-refractivity contribution >= 4 is 11.6 Å². The Morgan fingerprint density at radius 2 is 1.76 bits per heavy atom. The lowest BCUT2D eigenvalue weighted by molar-refractivity contribution is 0.0993. The van der Waals surface area contributed by atoms with Crippen molar-refractivity contribution in [1.29, 1.82) is 0 Å². The second-order valence-corrected chi connectivity index (χ2v) is 4.72. The van der Waals surface area contributed by atoms with E-state index in [0.29, 0.717) is 5.56 Å². The molecule has 21 heavy (non-hydrogen) atoms. The smallest absolute Gasteiger partial charge is 0.258 e. The molecule has 0 aliphatic rings. The van der Waals surface area contributed by atoms with Crippen molar-refractivity contribution in [2.24, 2.45) is 0 Å². The van der Waals surface area contributed by atoms with Crippen molar-refractivity contribution in [1.82, 2.24) is 9.55 Å². The molecule has 0 unspecified atom stereocenters. The van der Waals surface area contributed by atoms with E-state index in [2.05, 4.69) is 4.98 Å². The highest BCUT2D eigenvalue weighted by molar-refractivity contribution is 6.05. The molecule has 4 heteroatoms. The minimum Gasteiger partial charge on any atom is -0.311 e. The average molecular weight is 277 g/mol. The molecule has 0 fully saturated rings. The Morgan fingerprint density at radius 3 is 2.38 bits per heavy atom. The van der Waals surface area contributed by atoms with Gasteiger partial charge in [0.1, 0.15) is 0 Å². The molecule has 1 heterocycles. The summed E-state index contributed by atoms with van der Waals surface area (Å²) in [7, 11) is 1.78. The highest BCUT2D eigenvalue weighted by Gasteiger charge is 2.13. The predicted octanol–water partition coefficient (Wildman–Crippen LogP) is 3.15. The van der Waals surface area contributed by atoms with Gasteiger partial charge in [-0.2, -0.15) is 0 Å². The monoisotopic (exact) mass is 277 g/mol. The molecule has 2 aromatic carbocycles. The van der Waals surface area contributed by atoms with Crippen LogP contribution in [0.2, 0.25) is 0 Å². The fraction of sp³-hybridized carbons (Fsp3) is 0.0588. The second kappa shape index (κ2) is 5.63. The van der Waals surface area contributed by atoms with Gasteiger partial charge in [-0.15, -0.1) is 0 Å². The summed E-state index contributed by atoms with van der Waals surface area (Å²) < 4.78 is 1.90. The van der Waals surface area contributed by atoms with E-state index in [1.54, 1.807) is 24.5 Å². The zero-order valence-corrected chi connectivity index (χ0v) is 11.7. The normalized spacial score (nSPS) is 10.3. The number of aromatic nitrogens is 2. The first-order valence-corrected chi connectivity index (χ1v) is 6.67. The summed E-state index contributed by atoms with van der Waals surface area (Å²) in [4.78, 5) is 18.1. The topological polar surface area (TPSA) is 38.1 Å². The molecular weight excluding hydrogens is 262 g/mol. The third kappa shape index (κ3) is 2.69. The van der Waals surface area contributed by atoms with Gasteiger partial charge in [-0.3, -0.25) is 4.79 Å². The fourth-order valence-electron chi connectivity index (χ4n) is 2.15. The molecule has 4 nitrogen and oxygen atoms in total. The average Bonchev–Trinajstić information content (AvgIpc) is 3.09. The first kappa shape index (κ1) is 13.1. The maximum absolute atomic E-state index is 12.4. The van der Waals surface area contributed by atoms with E-state index >= 15 is 0 Å². The zero-order valence-electron chi connectivity index (χ0n) is 11.7. The van der Waals surface area contributed by atoms with Crippen molar-refractivity contribution in [3.05, 3.63) is 78.9 Å². The number of rotatable bonds is 3. The van der Waals surface area contributed by atoms with E-state index in [0.717, 1.165) is 11.4 Å². The Balaban J connectivity index is 1.82. The fourth-order valence-corrected chi connectivity index (χ4v) is 2.15. The van der Waals surface area contributed by atoms with Crippen LogP contribution in [-0.2, 0) is 0 Å². The summed E-state index contributed by atoms with van der Waals surface area (Å²) in [5.41, 5.74) is 2.51. The highest BCUT2D eigenvalue weighted by Crippen LogP contribution is 2.16. The number of amides is 1. The Hall–Kier alpha value is -2.88. The number of carbonyl (C=O) groups is 1. The van der Waals surface area contributed by atoms with Crippen LogP contribution in [0.25, 0.3) is 5.69 Å². The lowest BCUT2D eigenvalue weighted by Crippen LogP contribution is -2.26. The van der Waals surface area contributed by atoms with Gasteiger partial charge in [0.25, 0.3) is 5.91 Å². The van der Waals surface area contributed by atoms with Crippen molar-refractivity contribution in [3.8, 4) is 5.69 Å². The maximum atomic E-state index is 12.4. The van der Waals surface area contributed by atoms with Crippen LogP contribution < -0.4 is 4.90 Å². The number of anilines is 1. The molecule has 0 N–H and O–H groups in total. The van der Waals surface area contributed by atoms with Crippen molar-refractivity contribution in [3.63, 3.8) is 0 Å². The van der Waals surface area contributed by atoms with Crippen LogP contribution >= 0.6 is 0 Å². The Morgan fingerprint density at radius 1 is 1.05 bits per heavy atom. The number of hydrogen-bond donors (Lipinski definition) is 0. The number of hydrogen-bond acceptors (Lipinski definition) is 2. The largest absolute Gasteiger partial charge is 0.311 e. The van der Waals surface area contributed by atoms with E-state index < -0.39 is 0 Å². The minimum absolute atomic E-state index is 0.0293. The summed E-state index contributed by atoms with van der Waals surface area (Å²) in [5.74, 6) is -0.0293. The Labute approximate surface area is 123 Å². The van der Waals surface area contributed by atoms with Crippen LogP contribution in [0.5, 0.6) is 0 Å². The van der Waals surface area contributed by atoms with E-state index in [4.69, 9.17) is 0 Å². The molecule has 0 aliphatic carbocycles. The molecule has 1 aromatic heterocycles. The van der Waals surface area contributed by atoms with Crippen molar-refractivity contribution < 1.29 is 4.79 Å². The van der Waals surface area contributed by atoms with Crippen LogP contribution in [0.3, 0.4) is 0 Å². The molecule has 0 radical (unpaired) electrons. The standard InChI is InChI=1S/C17H15N3O/c1-19(15-5-3-2-4-6-15)17(21)14-7-9-16(10-8-14)20-12-11-18-13-20/h2-13H,1H3. The second-order valence-electron chi connectivity index (χ2n) is 4.72. The van der Waals surface area contributed by atoms with Gasteiger partial charge in [-0.05, 0) is 36.4 Å². The number of para-hydroxylation sites is 1. The summed E-state index contributed by atoms with van der Waals surface area (Å²) >= 11 is 0. The molecule has 0 saturated carbocycles. The van der Waals surface area contributed by atoms with E-state index in [9.17, 15) is 4.79 Å². The Kier molecular flexibility index (Phi) is 3.51. The third-order valence-corrected chi connectivity index (χ3v) is 3.36. The molecule has 104 valence electrons. The SMILES string of the molecule is CN(C(=O)c1ccc(-n2ccnc2)cc1)c1ccccc1. The molecule has 1 amide bonds. The maximum Gasteiger partial charge on any atom is 0.258 e. The Bertz CT molecular complexity index is 718. The van der Waals surface area contributed by atoms with Gasteiger partial charge in [0.05, 0.1) is 6.33 Å². The van der Waals surface area contributed by atoms with Gasteiger partial charge in [0.15, 0.2) is 0 Å². The van der Waals surface area contributed by atoms with Crippen LogP contribution in [-0.4, -0.2) is 22.5 Å². The highest BCUT2D eigenvalue weighted by atomic mass is 16.2. The molecule has 0 saturated heterocycles. The van der Waals surface area contributed by atoms with Gasteiger partial charge in [-0.1, -0.05) is 18.2 Å². The number of carbonyl (C=O) groups excluding carboxylic acids is 1. The van der Waals surface area contributed by atoms with E-state index in [1.807, 2.05) is 65.4 Å². The summed E-state index contributed by atoms with van der Waals surface area (Å²) in [6.07, 6.45) is 5.32. The summed E-state index contributed by atoms with van der Waals surface area (Å²) in [5, 5.41) is 0. The lowest BCUT2D eigenvalue weighted by Gasteiger charge is -2.17. The molecular formula is C17H15N3O. The van der Waals surface area contributed by atoms with Gasteiger partial charge < -0.3 is 9.47 Å². The van der Waals surface area contributed by atoms with E-state index in [-0.39, 0.29) is 5.91 Å². The molecule has 0 spiro atoms. The molecule has 3 aromatic rings. The van der Waals surface area contributed by atoms with Crippen molar-refractivity contribution in [2.45, 2.75) is 0 Å². The van der Waals surface area contributed by atoms with Crippen LogP contribution in [0.15, 0.2) is 73.3 Å². The molecule has 0 bridgehead atoms. The van der Waals surface area contributed by atoms with Gasteiger partial charge in [0.2, 0.25) is 0 Å². The molecule has 0 atom stereocenters. The summed E-state index contributed by atoms with van der Waals surface area (Å²) in [6.45, 7) is 0. The number of imidazole rings is 1. The van der Waals surface area contributed by atoms with Crippen molar-refractivity contribution in [2.75, 3.05) is 11.9 Å². The lowest BCUT2D eigenvalue weighted by atomic mass is 10.1. The van der Waals surface area contributed by atoms with Gasteiger partial charge >= 0.3 is 0 Å². The predicted molar refractivity (Wildman–Crippen MR) is 82.7 cm³/mol. The van der Waals surface area contributed by atoms with Gasteiger partial charge in [0, 0.05) is 36.4 Å². The quantitative estimate of drug-likeness (QED) is 0.737. The molecule has 3 rings (SSSR count). The number of nitrogens with zero attached hydrogens (tertiary/aromatic N) is 3. The first-order valence-electron chi connectivity index (χ1n) is 6.67. The van der Waals surface area contributed by atoms with Crippen LogP contribution in [0.4, 0.5) is 5.69 Å². The first-order chi connectivity index (χ1) is 10.3. The van der Waals surface area contributed by atoms with E-state index in [1.165, 1.54) is 0 Å². The van der Waals surface area contributed by atoms with Crippen LogP contribution in [0, 0.1) is 0 Å². The number of benzene rings is 2. The summed E-state index contributed by atoms with van der Waals surface area (Å²) in [6, 6.07) is 17.1. The zero-order chi connectivity index (χ0) is 14.7. The van der Waals surface area contributed by atoms with Gasteiger partial charge in [-0.25, -0.2) is 4.98 Å². The third-order valence-electron chi connectivity index (χ3n) is 3.36.